The first-order valence-electron chi connectivity index (χ1n) is 5.79. The second-order valence-corrected chi connectivity index (χ2v) is 5.19. The zero-order valence-corrected chi connectivity index (χ0v) is 10.4. The highest BCUT2D eigenvalue weighted by Gasteiger charge is 2.17. The maximum Gasteiger partial charge on any atom is 0.156 e. The van der Waals surface area contributed by atoms with Crippen molar-refractivity contribution in [3.05, 3.63) is 18.7 Å². The number of hydrogen-bond acceptors (Lipinski definition) is 4. The van der Waals surface area contributed by atoms with Crippen molar-refractivity contribution in [1.82, 2.24) is 14.9 Å². The Morgan fingerprint density at radius 1 is 1.62 bits per heavy atom. The first-order chi connectivity index (χ1) is 7.88. The molecule has 1 aromatic rings. The SMILES string of the molecule is CCCC1CN=C(NCCn2ccnc2)S1. The molecule has 1 N–H and O–H groups in total. The Balaban J connectivity index is 1.64. The molecule has 0 aliphatic carbocycles. The van der Waals surface area contributed by atoms with E-state index in [1.54, 1.807) is 6.20 Å². The first kappa shape index (κ1) is 11.5. The topological polar surface area (TPSA) is 42.2 Å². The number of amidine groups is 1. The number of rotatable bonds is 5. The van der Waals surface area contributed by atoms with E-state index in [0.29, 0.717) is 5.25 Å². The third-order valence-corrected chi connectivity index (χ3v) is 3.75. The van der Waals surface area contributed by atoms with Gasteiger partial charge in [0.25, 0.3) is 0 Å². The molecule has 0 bridgehead atoms. The molecule has 0 aromatic carbocycles. The normalized spacial score (nSPS) is 19.8. The quantitative estimate of drug-likeness (QED) is 0.849. The maximum atomic E-state index is 4.50. The van der Waals surface area contributed by atoms with Crippen LogP contribution in [0.15, 0.2) is 23.7 Å². The van der Waals surface area contributed by atoms with Crippen molar-refractivity contribution < 1.29 is 0 Å². The van der Waals surface area contributed by atoms with Gasteiger partial charge in [-0.1, -0.05) is 25.1 Å². The average molecular weight is 238 g/mol. The molecule has 16 heavy (non-hydrogen) atoms. The highest BCUT2D eigenvalue weighted by atomic mass is 32.2. The molecule has 0 saturated heterocycles. The van der Waals surface area contributed by atoms with Gasteiger partial charge in [-0.25, -0.2) is 4.98 Å². The average Bonchev–Trinajstić information content (AvgIpc) is 2.90. The highest BCUT2D eigenvalue weighted by molar-refractivity contribution is 8.14. The third kappa shape index (κ3) is 3.27. The summed E-state index contributed by atoms with van der Waals surface area (Å²) in [7, 11) is 0. The van der Waals surface area contributed by atoms with Crippen LogP contribution in [0.3, 0.4) is 0 Å². The molecule has 4 nitrogen and oxygen atoms in total. The van der Waals surface area contributed by atoms with Crippen molar-refractivity contribution in [2.45, 2.75) is 31.6 Å². The summed E-state index contributed by atoms with van der Waals surface area (Å²) in [6, 6.07) is 0. The highest BCUT2D eigenvalue weighted by Crippen LogP contribution is 2.23. The van der Waals surface area contributed by atoms with E-state index in [9.17, 15) is 0 Å². The molecule has 1 aromatic heterocycles. The van der Waals surface area contributed by atoms with E-state index in [2.05, 4.69) is 26.8 Å². The molecular weight excluding hydrogens is 220 g/mol. The van der Waals surface area contributed by atoms with E-state index in [1.165, 1.54) is 12.8 Å². The predicted octanol–water partition coefficient (Wildman–Crippen LogP) is 1.74. The zero-order chi connectivity index (χ0) is 11.2. The van der Waals surface area contributed by atoms with Gasteiger partial charge >= 0.3 is 0 Å². The Hall–Kier alpha value is -0.970. The van der Waals surface area contributed by atoms with Crippen LogP contribution in [0.5, 0.6) is 0 Å². The summed E-state index contributed by atoms with van der Waals surface area (Å²) in [6.45, 7) is 5.07. The molecule has 2 heterocycles. The molecule has 88 valence electrons. The van der Waals surface area contributed by atoms with Crippen LogP contribution in [0.2, 0.25) is 0 Å². The van der Waals surface area contributed by atoms with E-state index in [0.717, 1.165) is 24.8 Å². The molecule has 0 amide bonds. The standard InChI is InChI=1S/C11H18N4S/c1-2-3-10-8-14-11(16-10)13-5-7-15-6-4-12-9-15/h4,6,9-10H,2-3,5,7-8H2,1H3,(H,13,14). The number of nitrogens with zero attached hydrogens (tertiary/aromatic N) is 3. The summed E-state index contributed by atoms with van der Waals surface area (Å²) >= 11 is 1.89. The van der Waals surface area contributed by atoms with Crippen molar-refractivity contribution in [2.75, 3.05) is 13.1 Å². The summed E-state index contributed by atoms with van der Waals surface area (Å²) < 4.78 is 2.07. The van der Waals surface area contributed by atoms with Crippen molar-refractivity contribution in [3.8, 4) is 0 Å². The molecule has 0 spiro atoms. The van der Waals surface area contributed by atoms with Crippen LogP contribution in [-0.4, -0.2) is 33.1 Å². The van der Waals surface area contributed by atoms with Gasteiger partial charge in [-0.3, -0.25) is 4.99 Å². The van der Waals surface area contributed by atoms with Gasteiger partial charge in [-0.2, -0.15) is 0 Å². The van der Waals surface area contributed by atoms with Gasteiger partial charge in [0.2, 0.25) is 0 Å². The second kappa shape index (κ2) is 5.94. The van der Waals surface area contributed by atoms with Gasteiger partial charge in [0.15, 0.2) is 5.17 Å². The van der Waals surface area contributed by atoms with E-state index >= 15 is 0 Å². The number of imidazole rings is 1. The molecule has 0 saturated carbocycles. The minimum Gasteiger partial charge on any atom is -0.363 e. The lowest BCUT2D eigenvalue weighted by atomic mass is 10.2. The van der Waals surface area contributed by atoms with E-state index in [-0.39, 0.29) is 0 Å². The Morgan fingerprint density at radius 2 is 2.56 bits per heavy atom. The van der Waals surface area contributed by atoms with Gasteiger partial charge < -0.3 is 9.88 Å². The minimum absolute atomic E-state index is 0.695. The zero-order valence-electron chi connectivity index (χ0n) is 9.59. The lowest BCUT2D eigenvalue weighted by Crippen LogP contribution is -2.23. The second-order valence-electron chi connectivity index (χ2n) is 3.90. The molecule has 1 atom stereocenters. The first-order valence-corrected chi connectivity index (χ1v) is 6.67. The van der Waals surface area contributed by atoms with Gasteiger partial charge in [-0.15, -0.1) is 0 Å². The molecule has 0 fully saturated rings. The van der Waals surface area contributed by atoms with Crippen LogP contribution >= 0.6 is 11.8 Å². The Morgan fingerprint density at radius 3 is 3.31 bits per heavy atom. The number of aromatic nitrogens is 2. The number of hydrogen-bond donors (Lipinski definition) is 1. The van der Waals surface area contributed by atoms with Crippen molar-refractivity contribution in [1.29, 1.82) is 0 Å². The van der Waals surface area contributed by atoms with Gasteiger partial charge in [-0.05, 0) is 6.42 Å². The van der Waals surface area contributed by atoms with Crippen molar-refractivity contribution in [2.24, 2.45) is 4.99 Å². The van der Waals surface area contributed by atoms with Gasteiger partial charge in [0, 0.05) is 30.7 Å². The van der Waals surface area contributed by atoms with Gasteiger partial charge in [0.1, 0.15) is 0 Å². The number of aliphatic imine (C=N–C) groups is 1. The largest absolute Gasteiger partial charge is 0.363 e. The van der Waals surface area contributed by atoms with Crippen molar-refractivity contribution in [3.63, 3.8) is 0 Å². The Kier molecular flexibility index (Phi) is 4.27. The molecule has 1 aliphatic rings. The molecule has 2 rings (SSSR count). The number of nitrogens with one attached hydrogen (secondary N) is 1. The summed E-state index contributed by atoms with van der Waals surface area (Å²) in [5, 5.41) is 5.18. The smallest absolute Gasteiger partial charge is 0.156 e. The van der Waals surface area contributed by atoms with Crippen LogP contribution in [0.25, 0.3) is 0 Å². The summed E-state index contributed by atoms with van der Waals surface area (Å²) in [5.74, 6) is 0. The molecule has 5 heteroatoms. The monoisotopic (exact) mass is 238 g/mol. The van der Waals surface area contributed by atoms with Crippen molar-refractivity contribution >= 4 is 16.9 Å². The third-order valence-electron chi connectivity index (χ3n) is 2.53. The molecule has 1 aliphatic heterocycles. The molecular formula is C11H18N4S. The predicted molar refractivity (Wildman–Crippen MR) is 68.8 cm³/mol. The van der Waals surface area contributed by atoms with Crippen LogP contribution in [-0.2, 0) is 6.54 Å². The lowest BCUT2D eigenvalue weighted by Gasteiger charge is -2.08. The maximum absolute atomic E-state index is 4.50. The summed E-state index contributed by atoms with van der Waals surface area (Å²) in [5.41, 5.74) is 0. The van der Waals surface area contributed by atoms with E-state index in [4.69, 9.17) is 0 Å². The van der Waals surface area contributed by atoms with E-state index in [1.807, 2.05) is 24.3 Å². The summed E-state index contributed by atoms with van der Waals surface area (Å²) in [6.07, 6.45) is 8.13. The fourth-order valence-corrected chi connectivity index (χ4v) is 2.85. The fourth-order valence-electron chi connectivity index (χ4n) is 1.70. The lowest BCUT2D eigenvalue weighted by molar-refractivity contribution is 0.675. The Bertz CT molecular complexity index is 334. The molecule has 1 unspecified atom stereocenters. The Labute approximate surface area is 101 Å². The van der Waals surface area contributed by atoms with Crippen LogP contribution in [0.1, 0.15) is 19.8 Å². The minimum atomic E-state index is 0.695. The molecule has 0 radical (unpaired) electrons. The fraction of sp³-hybridized carbons (Fsp3) is 0.636. The van der Waals surface area contributed by atoms with Crippen LogP contribution < -0.4 is 5.32 Å². The van der Waals surface area contributed by atoms with Crippen LogP contribution in [0, 0.1) is 0 Å². The summed E-state index contributed by atoms with van der Waals surface area (Å²) in [4.78, 5) is 8.51. The number of thioether (sulfide) groups is 1. The van der Waals surface area contributed by atoms with E-state index < -0.39 is 0 Å². The van der Waals surface area contributed by atoms with Gasteiger partial charge in [0.05, 0.1) is 12.9 Å². The van der Waals surface area contributed by atoms with Crippen LogP contribution in [0.4, 0.5) is 0 Å².